The van der Waals surface area contributed by atoms with E-state index in [2.05, 4.69) is 11.8 Å². The largest absolute Gasteiger partial charge is 0.302 e. The molecule has 1 rings (SSSR count). The molecule has 2 nitrogen and oxygen atoms in total. The van der Waals surface area contributed by atoms with Gasteiger partial charge in [-0.1, -0.05) is 13.3 Å². The first-order valence-electron chi connectivity index (χ1n) is 4.47. The van der Waals surface area contributed by atoms with Crippen LogP contribution in [-0.4, -0.2) is 30.3 Å². The Morgan fingerprint density at radius 1 is 1.55 bits per heavy atom. The molecule has 0 saturated carbocycles. The Bertz CT molecular complexity index is 138. The van der Waals surface area contributed by atoms with Crippen molar-refractivity contribution in [2.24, 2.45) is 5.92 Å². The second-order valence-electron chi connectivity index (χ2n) is 3.42. The standard InChI is InChI=1S/C9H17NO/c1-3-4-5-10-6-9(7-10)8(2)11/h9H,3-7H2,1-2H3. The molecule has 0 unspecified atom stereocenters. The van der Waals surface area contributed by atoms with E-state index in [9.17, 15) is 4.79 Å². The summed E-state index contributed by atoms with van der Waals surface area (Å²) in [6.07, 6.45) is 2.52. The van der Waals surface area contributed by atoms with E-state index in [1.165, 1.54) is 19.4 Å². The highest BCUT2D eigenvalue weighted by atomic mass is 16.1. The third kappa shape index (κ3) is 2.29. The van der Waals surface area contributed by atoms with Gasteiger partial charge in [-0.05, 0) is 19.9 Å². The second kappa shape index (κ2) is 3.86. The van der Waals surface area contributed by atoms with Crippen molar-refractivity contribution < 1.29 is 4.79 Å². The second-order valence-corrected chi connectivity index (χ2v) is 3.42. The first-order valence-corrected chi connectivity index (χ1v) is 4.47. The fourth-order valence-corrected chi connectivity index (χ4v) is 1.39. The van der Waals surface area contributed by atoms with Gasteiger partial charge in [0.2, 0.25) is 0 Å². The summed E-state index contributed by atoms with van der Waals surface area (Å²) in [7, 11) is 0. The van der Waals surface area contributed by atoms with Crippen molar-refractivity contribution in [3.05, 3.63) is 0 Å². The van der Waals surface area contributed by atoms with Crippen molar-refractivity contribution >= 4 is 5.78 Å². The SMILES string of the molecule is CCCCN1CC(C(C)=O)C1. The maximum atomic E-state index is 10.8. The molecular formula is C9H17NO. The van der Waals surface area contributed by atoms with Crippen molar-refractivity contribution in [1.82, 2.24) is 4.90 Å². The molecule has 0 amide bonds. The minimum absolute atomic E-state index is 0.354. The molecule has 0 radical (unpaired) electrons. The van der Waals surface area contributed by atoms with Crippen LogP contribution in [-0.2, 0) is 4.79 Å². The van der Waals surface area contributed by atoms with E-state index in [4.69, 9.17) is 0 Å². The molecule has 0 aromatic carbocycles. The summed E-state index contributed by atoms with van der Waals surface area (Å²) in [4.78, 5) is 13.2. The van der Waals surface area contributed by atoms with Gasteiger partial charge in [0, 0.05) is 19.0 Å². The molecule has 1 aliphatic rings. The Morgan fingerprint density at radius 3 is 2.64 bits per heavy atom. The molecule has 1 heterocycles. The zero-order valence-electron chi connectivity index (χ0n) is 7.47. The molecule has 0 aromatic heterocycles. The van der Waals surface area contributed by atoms with Crippen LogP contribution < -0.4 is 0 Å². The van der Waals surface area contributed by atoms with Crippen molar-refractivity contribution in [3.63, 3.8) is 0 Å². The lowest BCUT2D eigenvalue weighted by Gasteiger charge is -2.37. The van der Waals surface area contributed by atoms with Gasteiger partial charge in [0.05, 0.1) is 0 Å². The van der Waals surface area contributed by atoms with E-state index in [0.717, 1.165) is 13.1 Å². The Labute approximate surface area is 68.6 Å². The van der Waals surface area contributed by atoms with Gasteiger partial charge < -0.3 is 4.90 Å². The van der Waals surface area contributed by atoms with Gasteiger partial charge in [-0.25, -0.2) is 0 Å². The van der Waals surface area contributed by atoms with Crippen LogP contribution in [0.2, 0.25) is 0 Å². The fraction of sp³-hybridized carbons (Fsp3) is 0.889. The van der Waals surface area contributed by atoms with Gasteiger partial charge in [-0.15, -0.1) is 0 Å². The van der Waals surface area contributed by atoms with Gasteiger partial charge in [0.1, 0.15) is 5.78 Å². The van der Waals surface area contributed by atoms with Crippen LogP contribution in [0.15, 0.2) is 0 Å². The molecule has 1 aliphatic heterocycles. The number of carbonyl (C=O) groups is 1. The Hall–Kier alpha value is -0.370. The molecule has 11 heavy (non-hydrogen) atoms. The number of rotatable bonds is 4. The molecule has 0 atom stereocenters. The molecule has 0 aromatic rings. The van der Waals surface area contributed by atoms with Crippen LogP contribution in [0.25, 0.3) is 0 Å². The van der Waals surface area contributed by atoms with Gasteiger partial charge in [-0.2, -0.15) is 0 Å². The summed E-state index contributed by atoms with van der Waals surface area (Å²) in [5.74, 6) is 0.713. The molecular weight excluding hydrogens is 138 g/mol. The highest BCUT2D eigenvalue weighted by Crippen LogP contribution is 2.16. The van der Waals surface area contributed by atoms with Crippen LogP contribution in [0.3, 0.4) is 0 Å². The Balaban J connectivity index is 2.05. The normalized spacial score (nSPS) is 19.8. The number of nitrogens with zero attached hydrogens (tertiary/aromatic N) is 1. The van der Waals surface area contributed by atoms with E-state index in [-0.39, 0.29) is 0 Å². The number of carbonyl (C=O) groups excluding carboxylic acids is 1. The third-order valence-corrected chi connectivity index (χ3v) is 2.36. The van der Waals surface area contributed by atoms with Gasteiger partial charge in [0.25, 0.3) is 0 Å². The summed E-state index contributed by atoms with van der Waals surface area (Å²) in [6, 6.07) is 0. The smallest absolute Gasteiger partial charge is 0.135 e. The Morgan fingerprint density at radius 2 is 2.18 bits per heavy atom. The van der Waals surface area contributed by atoms with E-state index < -0.39 is 0 Å². The summed E-state index contributed by atoms with van der Waals surface area (Å²) in [5.41, 5.74) is 0. The minimum Gasteiger partial charge on any atom is -0.302 e. The maximum Gasteiger partial charge on any atom is 0.135 e. The predicted molar refractivity (Wildman–Crippen MR) is 45.5 cm³/mol. The van der Waals surface area contributed by atoms with Crippen molar-refractivity contribution in [2.75, 3.05) is 19.6 Å². The van der Waals surface area contributed by atoms with Crippen molar-refractivity contribution in [3.8, 4) is 0 Å². The van der Waals surface area contributed by atoms with Crippen LogP contribution in [0.5, 0.6) is 0 Å². The molecule has 0 spiro atoms. The Kier molecular flexibility index (Phi) is 3.06. The van der Waals surface area contributed by atoms with Crippen molar-refractivity contribution in [1.29, 1.82) is 0 Å². The number of unbranched alkanes of at least 4 members (excludes halogenated alkanes) is 1. The number of hydrogen-bond acceptors (Lipinski definition) is 2. The molecule has 64 valence electrons. The summed E-state index contributed by atoms with van der Waals surface area (Å²) >= 11 is 0. The minimum atomic E-state index is 0.354. The lowest BCUT2D eigenvalue weighted by Crippen LogP contribution is -2.49. The highest BCUT2D eigenvalue weighted by Gasteiger charge is 2.28. The highest BCUT2D eigenvalue weighted by molar-refractivity contribution is 5.79. The third-order valence-electron chi connectivity index (χ3n) is 2.36. The van der Waals surface area contributed by atoms with Gasteiger partial charge >= 0.3 is 0 Å². The summed E-state index contributed by atoms with van der Waals surface area (Å²) in [5, 5.41) is 0. The van der Waals surface area contributed by atoms with Crippen LogP contribution in [0.1, 0.15) is 26.7 Å². The predicted octanol–water partition coefficient (Wildman–Crippen LogP) is 1.31. The van der Waals surface area contributed by atoms with Crippen molar-refractivity contribution in [2.45, 2.75) is 26.7 Å². The first-order chi connectivity index (χ1) is 5.24. The monoisotopic (exact) mass is 155 g/mol. The van der Waals surface area contributed by atoms with E-state index in [1.54, 1.807) is 6.92 Å². The van der Waals surface area contributed by atoms with E-state index in [0.29, 0.717) is 11.7 Å². The number of hydrogen-bond donors (Lipinski definition) is 0. The average molecular weight is 155 g/mol. The first kappa shape index (κ1) is 8.72. The quantitative estimate of drug-likeness (QED) is 0.610. The molecule has 0 N–H and O–H groups in total. The zero-order chi connectivity index (χ0) is 8.27. The zero-order valence-corrected chi connectivity index (χ0v) is 7.47. The molecule has 0 aliphatic carbocycles. The molecule has 1 fully saturated rings. The van der Waals surface area contributed by atoms with E-state index in [1.807, 2.05) is 0 Å². The summed E-state index contributed by atoms with van der Waals surface area (Å²) < 4.78 is 0. The lowest BCUT2D eigenvalue weighted by molar-refractivity contribution is -0.125. The topological polar surface area (TPSA) is 20.3 Å². The lowest BCUT2D eigenvalue weighted by atomic mass is 9.96. The number of ketones is 1. The average Bonchev–Trinajstić information content (AvgIpc) is 1.84. The number of likely N-dealkylation sites (tertiary alicyclic amines) is 1. The molecule has 0 bridgehead atoms. The maximum absolute atomic E-state index is 10.8. The molecule has 2 heteroatoms. The van der Waals surface area contributed by atoms with Crippen LogP contribution in [0.4, 0.5) is 0 Å². The molecule has 1 saturated heterocycles. The summed E-state index contributed by atoms with van der Waals surface area (Å²) in [6.45, 7) is 7.09. The fourth-order valence-electron chi connectivity index (χ4n) is 1.39. The van der Waals surface area contributed by atoms with Gasteiger partial charge in [0.15, 0.2) is 0 Å². The van der Waals surface area contributed by atoms with Gasteiger partial charge in [-0.3, -0.25) is 4.79 Å². The van der Waals surface area contributed by atoms with Crippen LogP contribution in [0, 0.1) is 5.92 Å². The van der Waals surface area contributed by atoms with E-state index >= 15 is 0 Å². The number of Topliss-reactive ketones (excluding diaryl/α,β-unsaturated/α-hetero) is 1. The van der Waals surface area contributed by atoms with Crippen LogP contribution >= 0.6 is 0 Å².